The summed E-state index contributed by atoms with van der Waals surface area (Å²) in [5.74, 6) is -0.295. The molecule has 0 atom stereocenters. The second-order valence-electron chi connectivity index (χ2n) is 4.63. The topological polar surface area (TPSA) is 75.4 Å². The van der Waals surface area contributed by atoms with Crippen molar-refractivity contribution in [2.45, 2.75) is 13.8 Å². The minimum atomic E-state index is -0.535. The zero-order valence-corrected chi connectivity index (χ0v) is 13.0. The lowest BCUT2D eigenvalue weighted by atomic mass is 10.1. The van der Waals surface area contributed by atoms with E-state index in [1.54, 1.807) is 0 Å². The number of rotatable bonds is 3. The number of benzene rings is 2. The summed E-state index contributed by atoms with van der Waals surface area (Å²) in [6.45, 7) is 3.83. The molecule has 5 nitrogen and oxygen atoms in total. The third-order valence-electron chi connectivity index (χ3n) is 2.99. The van der Waals surface area contributed by atoms with Crippen molar-refractivity contribution in [3.05, 3.63) is 61.6 Å². The number of hydrogen-bond acceptors (Lipinski definition) is 3. The third kappa shape index (κ3) is 3.46. The SMILES string of the molecule is Cc1cc(Br)cc(C)c1N=Cc1cc([N+](=O)[O-])ccc1[O]. The van der Waals surface area contributed by atoms with Crippen molar-refractivity contribution in [3.8, 4) is 5.75 Å². The summed E-state index contributed by atoms with van der Waals surface area (Å²) in [6, 6.07) is 7.45. The normalized spacial score (nSPS) is 11.0. The molecule has 1 radical (unpaired) electrons. The van der Waals surface area contributed by atoms with Crippen LogP contribution in [0.5, 0.6) is 5.75 Å². The van der Waals surface area contributed by atoms with E-state index in [9.17, 15) is 15.2 Å². The molecule has 0 fully saturated rings. The molecule has 0 heterocycles. The molecule has 0 bridgehead atoms. The molecule has 0 saturated heterocycles. The maximum Gasteiger partial charge on any atom is 0.270 e. The van der Waals surface area contributed by atoms with E-state index in [0.717, 1.165) is 21.3 Å². The average Bonchev–Trinajstić information content (AvgIpc) is 2.39. The number of hydrogen-bond donors (Lipinski definition) is 0. The molecule has 0 aromatic heterocycles. The Bertz CT molecular complexity index is 719. The van der Waals surface area contributed by atoms with Crippen molar-refractivity contribution < 1.29 is 10.0 Å². The third-order valence-corrected chi connectivity index (χ3v) is 3.45. The molecular formula is C15H12BrN2O3. The van der Waals surface area contributed by atoms with Crippen molar-refractivity contribution >= 4 is 33.5 Å². The second kappa shape index (κ2) is 6.05. The van der Waals surface area contributed by atoms with Crippen LogP contribution in [0, 0.1) is 24.0 Å². The van der Waals surface area contributed by atoms with Gasteiger partial charge in [-0.15, -0.1) is 0 Å². The van der Waals surface area contributed by atoms with E-state index < -0.39 is 4.92 Å². The first kappa shape index (κ1) is 15.2. The van der Waals surface area contributed by atoms with Crippen LogP contribution in [0.15, 0.2) is 39.8 Å². The minimum Gasteiger partial charge on any atom is -0.289 e. The van der Waals surface area contributed by atoms with Crippen LogP contribution in [0.3, 0.4) is 0 Å². The molecule has 0 N–H and O–H groups in total. The number of nitro benzene ring substituents is 1. The minimum absolute atomic E-state index is 0.125. The van der Waals surface area contributed by atoms with Gasteiger partial charge in [0, 0.05) is 28.4 Å². The van der Waals surface area contributed by atoms with Gasteiger partial charge in [0.15, 0.2) is 5.75 Å². The molecule has 0 aliphatic heterocycles. The highest BCUT2D eigenvalue weighted by Crippen LogP contribution is 2.28. The molecule has 2 aromatic carbocycles. The Kier molecular flexibility index (Phi) is 4.37. The number of halogens is 1. The van der Waals surface area contributed by atoms with E-state index in [4.69, 9.17) is 0 Å². The number of aryl methyl sites for hydroxylation is 2. The molecule has 0 aliphatic rings. The van der Waals surface area contributed by atoms with Crippen LogP contribution in [0.2, 0.25) is 0 Å². The predicted octanol–water partition coefficient (Wildman–Crippen LogP) is 4.87. The smallest absolute Gasteiger partial charge is 0.270 e. The molecule has 0 unspecified atom stereocenters. The standard InChI is InChI=1S/C15H12BrN2O3/c1-9-5-12(16)6-10(2)15(9)17-8-11-7-13(18(20)21)3-4-14(11)19/h3-8H,1-2H3. The summed E-state index contributed by atoms with van der Waals surface area (Å²) in [5.41, 5.74) is 2.74. The van der Waals surface area contributed by atoms with Crippen molar-refractivity contribution in [2.24, 2.45) is 4.99 Å². The van der Waals surface area contributed by atoms with Crippen LogP contribution in [0.25, 0.3) is 0 Å². The lowest BCUT2D eigenvalue weighted by molar-refractivity contribution is -0.384. The molecule has 0 spiro atoms. The maximum atomic E-state index is 11.7. The molecule has 6 heteroatoms. The van der Waals surface area contributed by atoms with Crippen LogP contribution in [0.1, 0.15) is 16.7 Å². The van der Waals surface area contributed by atoms with Crippen molar-refractivity contribution in [2.75, 3.05) is 0 Å². The molecule has 0 amide bonds. The highest BCUT2D eigenvalue weighted by molar-refractivity contribution is 9.10. The van der Waals surface area contributed by atoms with Gasteiger partial charge in [-0.05, 0) is 43.2 Å². The first-order valence-electron chi connectivity index (χ1n) is 6.15. The van der Waals surface area contributed by atoms with Gasteiger partial charge >= 0.3 is 0 Å². The quantitative estimate of drug-likeness (QED) is 0.451. The zero-order valence-electron chi connectivity index (χ0n) is 11.5. The van der Waals surface area contributed by atoms with Gasteiger partial charge in [-0.3, -0.25) is 20.2 Å². The maximum absolute atomic E-state index is 11.7. The average molecular weight is 348 g/mol. The Morgan fingerprint density at radius 2 is 1.81 bits per heavy atom. The summed E-state index contributed by atoms with van der Waals surface area (Å²) >= 11 is 3.40. The van der Waals surface area contributed by atoms with Crippen molar-refractivity contribution in [3.63, 3.8) is 0 Å². The van der Waals surface area contributed by atoms with Gasteiger partial charge in [0.1, 0.15) is 0 Å². The fourth-order valence-corrected chi connectivity index (χ4v) is 2.68. The van der Waals surface area contributed by atoms with E-state index in [2.05, 4.69) is 20.9 Å². The second-order valence-corrected chi connectivity index (χ2v) is 5.54. The van der Waals surface area contributed by atoms with Crippen LogP contribution in [-0.2, 0) is 5.11 Å². The number of nitro groups is 1. The monoisotopic (exact) mass is 347 g/mol. The first-order valence-corrected chi connectivity index (χ1v) is 6.94. The summed E-state index contributed by atoms with van der Waals surface area (Å²) in [6.07, 6.45) is 1.37. The van der Waals surface area contributed by atoms with E-state index in [-0.39, 0.29) is 17.0 Å². The van der Waals surface area contributed by atoms with E-state index >= 15 is 0 Å². The van der Waals surface area contributed by atoms with Gasteiger partial charge in [-0.2, -0.15) is 0 Å². The van der Waals surface area contributed by atoms with Crippen LogP contribution in [-0.4, -0.2) is 11.1 Å². The van der Waals surface area contributed by atoms with Crippen molar-refractivity contribution in [1.82, 2.24) is 0 Å². The molecule has 107 valence electrons. The van der Waals surface area contributed by atoms with E-state index in [1.165, 1.54) is 24.4 Å². The van der Waals surface area contributed by atoms with Gasteiger partial charge in [0.2, 0.25) is 0 Å². The zero-order chi connectivity index (χ0) is 15.6. The first-order chi connectivity index (χ1) is 9.88. The fraction of sp³-hybridized carbons (Fsp3) is 0.133. The molecular weight excluding hydrogens is 336 g/mol. The van der Waals surface area contributed by atoms with Gasteiger partial charge < -0.3 is 0 Å². The molecule has 0 aliphatic carbocycles. The van der Waals surface area contributed by atoms with Gasteiger partial charge in [0.25, 0.3) is 5.69 Å². The van der Waals surface area contributed by atoms with E-state index in [1.807, 2.05) is 26.0 Å². The Hall–Kier alpha value is -2.21. The molecule has 2 aromatic rings. The highest BCUT2D eigenvalue weighted by Gasteiger charge is 2.10. The summed E-state index contributed by atoms with van der Waals surface area (Å²) in [4.78, 5) is 14.5. The Balaban J connectivity index is 2.42. The summed E-state index contributed by atoms with van der Waals surface area (Å²) in [7, 11) is 0. The highest BCUT2D eigenvalue weighted by atomic mass is 79.9. The predicted molar refractivity (Wildman–Crippen MR) is 84.1 cm³/mol. The summed E-state index contributed by atoms with van der Waals surface area (Å²) in [5, 5.41) is 22.5. The lowest BCUT2D eigenvalue weighted by Gasteiger charge is -2.05. The Morgan fingerprint density at radius 3 is 2.38 bits per heavy atom. The fourth-order valence-electron chi connectivity index (χ4n) is 1.99. The summed E-state index contributed by atoms with van der Waals surface area (Å²) < 4.78 is 0.955. The number of non-ortho nitro benzene ring substituents is 1. The largest absolute Gasteiger partial charge is 0.289 e. The number of aliphatic imine (C=N–C) groups is 1. The van der Waals surface area contributed by atoms with Gasteiger partial charge in [0.05, 0.1) is 10.6 Å². The van der Waals surface area contributed by atoms with E-state index in [0.29, 0.717) is 0 Å². The van der Waals surface area contributed by atoms with Crippen molar-refractivity contribution in [1.29, 1.82) is 0 Å². The number of nitrogens with zero attached hydrogens (tertiary/aromatic N) is 2. The van der Waals surface area contributed by atoms with Gasteiger partial charge in [-0.1, -0.05) is 15.9 Å². The lowest BCUT2D eigenvalue weighted by Crippen LogP contribution is -1.90. The van der Waals surface area contributed by atoms with Gasteiger partial charge in [-0.25, -0.2) is 0 Å². The Morgan fingerprint density at radius 1 is 1.19 bits per heavy atom. The Labute approximate surface area is 130 Å². The molecule has 21 heavy (non-hydrogen) atoms. The van der Waals surface area contributed by atoms with Crippen LogP contribution >= 0.6 is 15.9 Å². The van der Waals surface area contributed by atoms with Crippen LogP contribution < -0.4 is 0 Å². The molecule has 2 rings (SSSR count). The molecule has 0 saturated carbocycles. The van der Waals surface area contributed by atoms with Crippen LogP contribution in [0.4, 0.5) is 11.4 Å².